The molecule has 2 atom stereocenters. The maximum atomic E-state index is 12.0. The molecule has 0 saturated carbocycles. The van der Waals surface area contributed by atoms with E-state index in [0.29, 0.717) is 12.8 Å². The van der Waals surface area contributed by atoms with Gasteiger partial charge in [0.1, 0.15) is 13.2 Å². The summed E-state index contributed by atoms with van der Waals surface area (Å²) >= 11 is 0. The fraction of sp³-hybridized carbons (Fsp3) is 0.917. The quantitative estimate of drug-likeness (QED) is 0.209. The molecule has 10 heteroatoms. The van der Waals surface area contributed by atoms with Gasteiger partial charge in [-0.3, -0.25) is 0 Å². The molecule has 2 unspecified atom stereocenters. The average Bonchev–Trinajstić information content (AvgIpc) is 2.60. The zero-order valence-electron chi connectivity index (χ0n) is 23.2. The zero-order chi connectivity index (χ0) is 26.8. The molecule has 2 N–H and O–H groups in total. The Bertz CT molecular complexity index is 569. The van der Waals surface area contributed by atoms with E-state index in [-0.39, 0.29) is 25.3 Å². The summed E-state index contributed by atoms with van der Waals surface area (Å²) in [7, 11) is 0. The third-order valence-corrected chi connectivity index (χ3v) is 3.91. The third-order valence-electron chi connectivity index (χ3n) is 3.91. The first kappa shape index (κ1) is 32.4. The van der Waals surface area contributed by atoms with E-state index < -0.39 is 34.6 Å². The normalized spacial score (nSPS) is 14.8. The van der Waals surface area contributed by atoms with Crippen LogP contribution in [-0.4, -0.2) is 59.9 Å². The highest BCUT2D eigenvalue weighted by molar-refractivity contribution is 5.68. The van der Waals surface area contributed by atoms with Gasteiger partial charge in [0, 0.05) is 12.1 Å². The van der Waals surface area contributed by atoms with Crippen molar-refractivity contribution in [1.82, 2.24) is 10.6 Å². The maximum Gasteiger partial charge on any atom is 0.407 e. The van der Waals surface area contributed by atoms with E-state index >= 15 is 0 Å². The van der Waals surface area contributed by atoms with Gasteiger partial charge in [-0.25, -0.2) is 29.1 Å². The number of hydrogen-bond donors (Lipinski definition) is 2. The Kier molecular flexibility index (Phi) is 12.8. The number of rotatable bonds is 13. The minimum absolute atomic E-state index is 0.0680. The van der Waals surface area contributed by atoms with Crippen LogP contribution in [0, 0.1) is 0 Å². The second-order valence-corrected chi connectivity index (χ2v) is 11.8. The summed E-state index contributed by atoms with van der Waals surface area (Å²) < 4.78 is 10.2. The summed E-state index contributed by atoms with van der Waals surface area (Å²) in [5.74, 6) is 0. The van der Waals surface area contributed by atoms with Gasteiger partial charge in [-0.2, -0.15) is 0 Å². The number of amides is 2. The number of hydrogen-bond acceptors (Lipinski definition) is 8. The molecule has 202 valence electrons. The molecule has 0 heterocycles. The number of carbonyl (C=O) groups excluding carboxylic acids is 2. The van der Waals surface area contributed by atoms with Crippen LogP contribution < -0.4 is 10.6 Å². The largest absolute Gasteiger partial charge is 0.446 e. The smallest absolute Gasteiger partial charge is 0.407 e. The minimum Gasteiger partial charge on any atom is -0.446 e. The molecule has 34 heavy (non-hydrogen) atoms. The molecule has 0 aromatic heterocycles. The fourth-order valence-electron chi connectivity index (χ4n) is 2.87. The zero-order valence-corrected chi connectivity index (χ0v) is 23.2. The molecule has 0 bridgehead atoms. The number of ether oxygens (including phenoxy) is 2. The van der Waals surface area contributed by atoms with Gasteiger partial charge in [-0.15, -0.1) is 0 Å². The molecular formula is C24H48N2O8. The van der Waals surface area contributed by atoms with Crippen LogP contribution in [0.5, 0.6) is 0 Å². The van der Waals surface area contributed by atoms with Gasteiger partial charge in [0.15, 0.2) is 0 Å². The molecule has 0 aromatic rings. The molecule has 10 nitrogen and oxygen atoms in total. The van der Waals surface area contributed by atoms with Gasteiger partial charge < -0.3 is 20.1 Å². The van der Waals surface area contributed by atoms with Crippen molar-refractivity contribution in [1.29, 1.82) is 0 Å². The second kappa shape index (κ2) is 13.5. The van der Waals surface area contributed by atoms with Crippen molar-refractivity contribution in [2.24, 2.45) is 0 Å². The van der Waals surface area contributed by atoms with Crippen LogP contribution in [0.15, 0.2) is 0 Å². The Morgan fingerprint density at radius 1 is 0.588 bits per heavy atom. The average molecular weight is 493 g/mol. The van der Waals surface area contributed by atoms with Crippen LogP contribution in [-0.2, 0) is 29.0 Å². The summed E-state index contributed by atoms with van der Waals surface area (Å²) in [6.07, 6.45) is -0.184. The van der Waals surface area contributed by atoms with Crippen LogP contribution in [0.1, 0.15) is 95.9 Å². The molecule has 0 aromatic carbocycles. The van der Waals surface area contributed by atoms with Crippen LogP contribution >= 0.6 is 0 Å². The molecule has 0 saturated heterocycles. The Balaban J connectivity index is 4.16. The van der Waals surface area contributed by atoms with Gasteiger partial charge in [0.2, 0.25) is 0 Å². The highest BCUT2D eigenvalue weighted by Crippen LogP contribution is 2.22. The first-order valence-corrected chi connectivity index (χ1v) is 11.8. The molecule has 0 aliphatic heterocycles. The first-order valence-electron chi connectivity index (χ1n) is 11.8. The number of alkyl carbamates (subject to hydrolysis) is 2. The summed E-state index contributed by atoms with van der Waals surface area (Å²) in [5, 5.41) is 5.45. The lowest BCUT2D eigenvalue weighted by atomic mass is 10.0. The lowest BCUT2D eigenvalue weighted by Crippen LogP contribution is -2.41. The van der Waals surface area contributed by atoms with Crippen LogP contribution in [0.2, 0.25) is 0 Å². The summed E-state index contributed by atoms with van der Waals surface area (Å²) in [4.78, 5) is 45.7. The Hall–Kier alpha value is -1.62. The molecule has 0 spiro atoms. The van der Waals surface area contributed by atoms with Gasteiger partial charge in [-0.1, -0.05) is 0 Å². The van der Waals surface area contributed by atoms with Crippen molar-refractivity contribution in [3.63, 3.8) is 0 Å². The van der Waals surface area contributed by atoms with Crippen molar-refractivity contribution >= 4 is 12.2 Å². The van der Waals surface area contributed by atoms with Crippen molar-refractivity contribution in [2.75, 3.05) is 13.2 Å². The van der Waals surface area contributed by atoms with Gasteiger partial charge in [0.05, 0.1) is 22.4 Å². The molecule has 0 fully saturated rings. The standard InChI is InChI=1S/C24H48N2O8/c1-17(15-23(9,10)33-31-21(3,4)5)25-19(27)29-13-14-30-20(28)26-18(2)16-24(11,12)34-32-22(6,7)8/h17-18H,13-16H2,1-12H3,(H,25,27)(H,26,28). The highest BCUT2D eigenvalue weighted by Gasteiger charge is 2.28. The van der Waals surface area contributed by atoms with E-state index in [1.165, 1.54) is 0 Å². The van der Waals surface area contributed by atoms with Gasteiger partial charge in [-0.05, 0) is 95.9 Å². The maximum absolute atomic E-state index is 12.0. The summed E-state index contributed by atoms with van der Waals surface area (Å²) in [6.45, 7) is 22.4. The second-order valence-electron chi connectivity index (χ2n) is 11.8. The van der Waals surface area contributed by atoms with Gasteiger partial charge >= 0.3 is 12.2 Å². The first-order chi connectivity index (χ1) is 15.2. The van der Waals surface area contributed by atoms with E-state index in [1.807, 2.05) is 83.1 Å². The number of carbonyl (C=O) groups is 2. The predicted octanol–water partition coefficient (Wildman–Crippen LogP) is 5.05. The van der Waals surface area contributed by atoms with E-state index in [9.17, 15) is 9.59 Å². The molecule has 0 radical (unpaired) electrons. The van der Waals surface area contributed by atoms with Crippen molar-refractivity contribution < 1.29 is 38.6 Å². The molecular weight excluding hydrogens is 444 g/mol. The Morgan fingerprint density at radius 2 is 0.882 bits per heavy atom. The van der Waals surface area contributed by atoms with E-state index in [4.69, 9.17) is 29.0 Å². The van der Waals surface area contributed by atoms with Crippen LogP contribution in [0.3, 0.4) is 0 Å². The minimum atomic E-state index is -0.602. The van der Waals surface area contributed by atoms with E-state index in [1.54, 1.807) is 0 Å². The van der Waals surface area contributed by atoms with Crippen molar-refractivity contribution in [2.45, 2.75) is 130 Å². The summed E-state index contributed by atoms with van der Waals surface area (Å²) in [6, 6.07) is -0.437. The van der Waals surface area contributed by atoms with E-state index in [2.05, 4.69) is 10.6 Å². The Labute approximate surface area is 205 Å². The Morgan fingerprint density at radius 3 is 1.15 bits per heavy atom. The van der Waals surface area contributed by atoms with Crippen molar-refractivity contribution in [3.8, 4) is 0 Å². The number of nitrogens with one attached hydrogen (secondary N) is 2. The van der Waals surface area contributed by atoms with Crippen LogP contribution in [0.4, 0.5) is 9.59 Å². The molecule has 0 aliphatic carbocycles. The van der Waals surface area contributed by atoms with E-state index in [0.717, 1.165) is 0 Å². The predicted molar refractivity (Wildman–Crippen MR) is 129 cm³/mol. The van der Waals surface area contributed by atoms with Crippen molar-refractivity contribution in [3.05, 3.63) is 0 Å². The van der Waals surface area contributed by atoms with Gasteiger partial charge in [0.25, 0.3) is 0 Å². The lowest BCUT2D eigenvalue weighted by molar-refractivity contribution is -0.398. The lowest BCUT2D eigenvalue weighted by Gasteiger charge is -2.30. The molecule has 2 amide bonds. The highest BCUT2D eigenvalue weighted by atomic mass is 17.2. The van der Waals surface area contributed by atoms with Crippen LogP contribution in [0.25, 0.3) is 0 Å². The third kappa shape index (κ3) is 18.8. The monoisotopic (exact) mass is 492 g/mol. The molecule has 0 aliphatic rings. The topological polar surface area (TPSA) is 114 Å². The molecule has 0 rings (SSSR count). The fourth-order valence-corrected chi connectivity index (χ4v) is 2.87. The SMILES string of the molecule is CC(CC(C)(C)OOC(C)(C)C)NC(=O)OCCOC(=O)NC(C)CC(C)(C)OOC(C)(C)C. The summed E-state index contributed by atoms with van der Waals surface area (Å²) in [5.41, 5.74) is -2.06.